The second-order valence-electron chi connectivity index (χ2n) is 3.85. The third-order valence-electron chi connectivity index (χ3n) is 2.41. The van der Waals surface area contributed by atoms with E-state index in [0.29, 0.717) is 11.3 Å². The van der Waals surface area contributed by atoms with Gasteiger partial charge in [0.15, 0.2) is 0 Å². The summed E-state index contributed by atoms with van der Waals surface area (Å²) in [5, 5.41) is 2.69. The lowest BCUT2D eigenvalue weighted by Gasteiger charge is -2.02. The average molecular weight is 320 g/mol. The first kappa shape index (κ1) is 13.5. The second kappa shape index (κ2) is 6.29. The normalized spacial score (nSPS) is 10.6. The van der Waals surface area contributed by atoms with Crippen molar-refractivity contribution >= 4 is 33.6 Å². The van der Waals surface area contributed by atoms with Crippen LogP contribution in [0.1, 0.15) is 5.56 Å². The van der Waals surface area contributed by atoms with Gasteiger partial charge in [0.1, 0.15) is 5.82 Å². The third-order valence-corrected chi connectivity index (χ3v) is 2.90. The van der Waals surface area contributed by atoms with Crippen molar-refractivity contribution in [1.29, 1.82) is 0 Å². The molecule has 0 aliphatic carbocycles. The first-order valence-electron chi connectivity index (χ1n) is 5.64. The van der Waals surface area contributed by atoms with Gasteiger partial charge < -0.3 is 5.32 Å². The first-order valence-corrected chi connectivity index (χ1v) is 6.43. The van der Waals surface area contributed by atoms with Gasteiger partial charge >= 0.3 is 0 Å². The molecule has 0 radical (unpaired) electrons. The fraction of sp³-hybridized carbons (Fsp3) is 0. The topological polar surface area (TPSA) is 29.1 Å². The van der Waals surface area contributed by atoms with E-state index in [2.05, 4.69) is 21.2 Å². The van der Waals surface area contributed by atoms with Gasteiger partial charge in [0.2, 0.25) is 5.91 Å². The number of rotatable bonds is 3. The van der Waals surface area contributed by atoms with Crippen LogP contribution >= 0.6 is 15.9 Å². The zero-order valence-corrected chi connectivity index (χ0v) is 11.5. The van der Waals surface area contributed by atoms with Gasteiger partial charge in [-0.3, -0.25) is 4.79 Å². The largest absolute Gasteiger partial charge is 0.322 e. The van der Waals surface area contributed by atoms with E-state index in [1.807, 2.05) is 12.1 Å². The highest BCUT2D eigenvalue weighted by atomic mass is 79.9. The van der Waals surface area contributed by atoms with Crippen LogP contribution in [0.5, 0.6) is 0 Å². The van der Waals surface area contributed by atoms with Crippen molar-refractivity contribution < 1.29 is 9.18 Å². The Hall–Kier alpha value is -1.94. The van der Waals surface area contributed by atoms with E-state index in [4.69, 9.17) is 0 Å². The molecule has 4 heteroatoms. The van der Waals surface area contributed by atoms with Crippen LogP contribution in [0.2, 0.25) is 0 Å². The maximum absolute atomic E-state index is 13.3. The molecule has 2 aromatic rings. The molecule has 0 aliphatic heterocycles. The molecule has 1 amide bonds. The van der Waals surface area contributed by atoms with Crippen molar-refractivity contribution in [3.05, 3.63) is 70.5 Å². The van der Waals surface area contributed by atoms with Gasteiger partial charge in [-0.05, 0) is 30.3 Å². The predicted molar refractivity (Wildman–Crippen MR) is 78.2 cm³/mol. The minimum absolute atomic E-state index is 0.304. The van der Waals surface area contributed by atoms with Gasteiger partial charge in [-0.2, -0.15) is 0 Å². The molecule has 1 N–H and O–H groups in total. The van der Waals surface area contributed by atoms with Crippen molar-refractivity contribution in [3.8, 4) is 0 Å². The van der Waals surface area contributed by atoms with Crippen LogP contribution in [-0.4, -0.2) is 5.91 Å². The molecule has 0 spiro atoms. The Bertz CT molecular complexity index is 625. The minimum atomic E-state index is -0.353. The highest BCUT2D eigenvalue weighted by Crippen LogP contribution is 2.15. The molecular weight excluding hydrogens is 309 g/mol. The van der Waals surface area contributed by atoms with E-state index in [1.165, 1.54) is 18.2 Å². The van der Waals surface area contributed by atoms with Gasteiger partial charge in [0, 0.05) is 21.8 Å². The number of halogens is 2. The number of hydrogen-bond acceptors (Lipinski definition) is 1. The Balaban J connectivity index is 2.04. The average Bonchev–Trinajstić information content (AvgIpc) is 2.38. The van der Waals surface area contributed by atoms with Crippen LogP contribution in [-0.2, 0) is 4.79 Å². The highest BCUT2D eigenvalue weighted by molar-refractivity contribution is 9.10. The predicted octanol–water partition coefficient (Wildman–Crippen LogP) is 4.24. The molecule has 0 aliphatic rings. The summed E-state index contributed by atoms with van der Waals surface area (Å²) in [5.41, 5.74) is 1.06. The molecule has 2 rings (SSSR count). The summed E-state index contributed by atoms with van der Waals surface area (Å²) in [6.07, 6.45) is 2.75. The quantitative estimate of drug-likeness (QED) is 0.842. The van der Waals surface area contributed by atoms with Crippen LogP contribution in [0, 0.1) is 5.82 Å². The van der Waals surface area contributed by atoms with Crippen molar-refractivity contribution in [2.75, 3.05) is 5.32 Å². The first-order chi connectivity index (χ1) is 9.15. The molecule has 19 heavy (non-hydrogen) atoms. The zero-order chi connectivity index (χ0) is 13.7. The zero-order valence-electron chi connectivity index (χ0n) is 9.94. The number of carbonyl (C=O) groups excluding carboxylic acids is 1. The summed E-state index contributed by atoms with van der Waals surface area (Å²) in [6, 6.07) is 13.5. The standard InChI is InChI=1S/C15H11BrFNO/c16-12-5-3-6-13(10-12)18-15(19)9-8-11-4-1-2-7-14(11)17/h1-10H,(H,18,19)/b9-8+. The van der Waals surface area contributed by atoms with E-state index in [-0.39, 0.29) is 11.7 Å². The number of nitrogens with one attached hydrogen (secondary N) is 1. The van der Waals surface area contributed by atoms with Crippen LogP contribution in [0.4, 0.5) is 10.1 Å². The number of benzene rings is 2. The smallest absolute Gasteiger partial charge is 0.248 e. The van der Waals surface area contributed by atoms with Crippen LogP contribution in [0.25, 0.3) is 6.08 Å². The fourth-order valence-corrected chi connectivity index (χ4v) is 1.93. The SMILES string of the molecule is O=C(/C=C/c1ccccc1F)Nc1cccc(Br)c1. The van der Waals surface area contributed by atoms with Gasteiger partial charge in [0.05, 0.1) is 0 Å². The van der Waals surface area contributed by atoms with E-state index in [1.54, 1.807) is 30.3 Å². The maximum atomic E-state index is 13.3. The van der Waals surface area contributed by atoms with Crippen LogP contribution < -0.4 is 5.32 Å². The van der Waals surface area contributed by atoms with Crippen LogP contribution in [0.3, 0.4) is 0 Å². The molecule has 0 saturated heterocycles. The van der Waals surface area contributed by atoms with Crippen molar-refractivity contribution in [2.45, 2.75) is 0 Å². The fourth-order valence-electron chi connectivity index (χ4n) is 1.53. The van der Waals surface area contributed by atoms with Gasteiger partial charge in [-0.15, -0.1) is 0 Å². The third kappa shape index (κ3) is 4.03. The molecule has 96 valence electrons. The lowest BCUT2D eigenvalue weighted by atomic mass is 10.2. The molecule has 0 unspecified atom stereocenters. The van der Waals surface area contributed by atoms with E-state index in [0.717, 1.165) is 4.47 Å². The molecule has 2 nitrogen and oxygen atoms in total. The number of amides is 1. The highest BCUT2D eigenvalue weighted by Gasteiger charge is 2.00. The lowest BCUT2D eigenvalue weighted by Crippen LogP contribution is -2.07. The van der Waals surface area contributed by atoms with Crippen molar-refractivity contribution in [3.63, 3.8) is 0 Å². The number of carbonyl (C=O) groups is 1. The Labute approximate surface area is 119 Å². The summed E-state index contributed by atoms with van der Waals surface area (Å²) in [7, 11) is 0. The Morgan fingerprint density at radius 1 is 1.16 bits per heavy atom. The Kier molecular flexibility index (Phi) is 4.47. The lowest BCUT2D eigenvalue weighted by molar-refractivity contribution is -0.111. The minimum Gasteiger partial charge on any atom is -0.322 e. The molecule has 0 atom stereocenters. The summed E-state index contributed by atoms with van der Waals surface area (Å²) < 4.78 is 14.2. The van der Waals surface area contributed by atoms with Crippen molar-refractivity contribution in [2.24, 2.45) is 0 Å². The Morgan fingerprint density at radius 2 is 1.95 bits per heavy atom. The molecule has 2 aromatic carbocycles. The summed E-state index contributed by atoms with van der Waals surface area (Å²) in [6.45, 7) is 0. The van der Waals surface area contributed by atoms with Gasteiger partial charge in [0.25, 0.3) is 0 Å². The van der Waals surface area contributed by atoms with Crippen molar-refractivity contribution in [1.82, 2.24) is 0 Å². The van der Waals surface area contributed by atoms with E-state index >= 15 is 0 Å². The number of anilines is 1. The summed E-state index contributed by atoms with van der Waals surface area (Å²) >= 11 is 3.32. The molecule has 0 fully saturated rings. The van der Waals surface area contributed by atoms with Crippen LogP contribution in [0.15, 0.2) is 59.1 Å². The molecule has 0 saturated carbocycles. The maximum Gasteiger partial charge on any atom is 0.248 e. The summed E-state index contributed by atoms with van der Waals surface area (Å²) in [5.74, 6) is -0.657. The molecule has 0 aromatic heterocycles. The molecule has 0 bridgehead atoms. The molecule has 0 heterocycles. The molecular formula is C15H11BrFNO. The van der Waals surface area contributed by atoms with E-state index < -0.39 is 0 Å². The summed E-state index contributed by atoms with van der Waals surface area (Å²) in [4.78, 5) is 11.7. The van der Waals surface area contributed by atoms with E-state index in [9.17, 15) is 9.18 Å². The number of hydrogen-bond donors (Lipinski definition) is 1. The second-order valence-corrected chi connectivity index (χ2v) is 4.77. The Morgan fingerprint density at radius 3 is 2.68 bits per heavy atom. The monoisotopic (exact) mass is 319 g/mol. The van der Waals surface area contributed by atoms with Gasteiger partial charge in [-0.1, -0.05) is 40.2 Å². The van der Waals surface area contributed by atoms with Gasteiger partial charge in [-0.25, -0.2) is 4.39 Å².